The number of nitrogens with two attached hydrogens (primary N) is 1. The second kappa shape index (κ2) is 10.9. The zero-order valence-corrected chi connectivity index (χ0v) is 17.9. The SMILES string of the molecule is CC(C)C(NC(=O)CO/N=C(/N)c1ccc(Oc2ccccc2)nc1)c1ccc(F)cc1. The normalized spacial score (nSPS) is 12.3. The predicted octanol–water partition coefficient (Wildman–Crippen LogP) is 4.16. The molecule has 0 aliphatic carbocycles. The zero-order valence-electron chi connectivity index (χ0n) is 17.9. The van der Waals surface area contributed by atoms with Gasteiger partial charge in [0.15, 0.2) is 12.4 Å². The van der Waals surface area contributed by atoms with Crippen LogP contribution in [0.15, 0.2) is 78.1 Å². The van der Waals surface area contributed by atoms with Crippen molar-refractivity contribution < 1.29 is 18.8 Å². The van der Waals surface area contributed by atoms with Crippen molar-refractivity contribution in [3.05, 3.63) is 89.9 Å². The highest BCUT2D eigenvalue weighted by atomic mass is 19.1. The number of aromatic nitrogens is 1. The summed E-state index contributed by atoms with van der Waals surface area (Å²) >= 11 is 0. The molecule has 0 radical (unpaired) electrons. The number of ether oxygens (including phenoxy) is 1. The average molecular weight is 436 g/mol. The second-order valence-corrected chi connectivity index (χ2v) is 7.39. The number of pyridine rings is 1. The first-order valence-corrected chi connectivity index (χ1v) is 10.1. The van der Waals surface area contributed by atoms with Gasteiger partial charge in [-0.05, 0) is 41.8 Å². The average Bonchev–Trinajstić information content (AvgIpc) is 2.79. The number of benzene rings is 2. The Balaban J connectivity index is 1.53. The monoisotopic (exact) mass is 436 g/mol. The van der Waals surface area contributed by atoms with E-state index in [2.05, 4.69) is 15.5 Å². The number of halogens is 1. The van der Waals surface area contributed by atoms with Gasteiger partial charge in [-0.15, -0.1) is 0 Å². The van der Waals surface area contributed by atoms with Crippen LogP contribution >= 0.6 is 0 Å². The lowest BCUT2D eigenvalue weighted by molar-refractivity contribution is -0.126. The first kappa shape index (κ1) is 22.7. The summed E-state index contributed by atoms with van der Waals surface area (Å²) in [5.41, 5.74) is 7.25. The number of nitrogens with one attached hydrogen (secondary N) is 1. The number of nitrogens with zero attached hydrogens (tertiary/aromatic N) is 2. The Kier molecular flexibility index (Phi) is 7.75. The summed E-state index contributed by atoms with van der Waals surface area (Å²) in [6.07, 6.45) is 1.50. The molecule has 0 spiro atoms. The van der Waals surface area contributed by atoms with Crippen LogP contribution in [-0.4, -0.2) is 23.3 Å². The van der Waals surface area contributed by atoms with Crippen LogP contribution in [0, 0.1) is 11.7 Å². The molecular formula is C24H25FN4O3. The lowest BCUT2D eigenvalue weighted by atomic mass is 9.96. The molecule has 2 aromatic carbocycles. The van der Waals surface area contributed by atoms with Crippen LogP contribution < -0.4 is 15.8 Å². The van der Waals surface area contributed by atoms with Crippen LogP contribution in [0.5, 0.6) is 11.6 Å². The maximum Gasteiger partial charge on any atom is 0.261 e. The van der Waals surface area contributed by atoms with Gasteiger partial charge in [-0.1, -0.05) is 49.3 Å². The van der Waals surface area contributed by atoms with Gasteiger partial charge in [0.1, 0.15) is 11.6 Å². The van der Waals surface area contributed by atoms with Gasteiger partial charge >= 0.3 is 0 Å². The number of hydrogen-bond donors (Lipinski definition) is 2. The summed E-state index contributed by atoms with van der Waals surface area (Å²) in [6.45, 7) is 3.61. The first-order valence-electron chi connectivity index (χ1n) is 10.1. The third-order valence-electron chi connectivity index (χ3n) is 4.57. The summed E-state index contributed by atoms with van der Waals surface area (Å²) in [4.78, 5) is 21.6. The molecule has 166 valence electrons. The second-order valence-electron chi connectivity index (χ2n) is 7.39. The van der Waals surface area contributed by atoms with Crippen molar-refractivity contribution in [1.29, 1.82) is 0 Å². The highest BCUT2D eigenvalue weighted by Crippen LogP contribution is 2.22. The van der Waals surface area contributed by atoms with Crippen molar-refractivity contribution in [2.24, 2.45) is 16.8 Å². The minimum Gasteiger partial charge on any atom is -0.439 e. The number of carbonyl (C=O) groups excluding carboxylic acids is 1. The van der Waals surface area contributed by atoms with E-state index < -0.39 is 0 Å². The molecule has 1 atom stereocenters. The topological polar surface area (TPSA) is 98.8 Å². The molecule has 3 aromatic rings. The molecule has 1 aromatic heterocycles. The van der Waals surface area contributed by atoms with Crippen LogP contribution in [0.2, 0.25) is 0 Å². The zero-order chi connectivity index (χ0) is 22.9. The Morgan fingerprint density at radius 3 is 2.44 bits per heavy atom. The van der Waals surface area contributed by atoms with Gasteiger partial charge in [-0.3, -0.25) is 4.79 Å². The van der Waals surface area contributed by atoms with E-state index in [-0.39, 0.29) is 36.1 Å². The molecule has 0 bridgehead atoms. The number of amidine groups is 1. The highest BCUT2D eigenvalue weighted by Gasteiger charge is 2.18. The fourth-order valence-corrected chi connectivity index (χ4v) is 2.93. The van der Waals surface area contributed by atoms with Crippen molar-refractivity contribution in [1.82, 2.24) is 10.3 Å². The maximum atomic E-state index is 13.2. The number of oxime groups is 1. The van der Waals surface area contributed by atoms with Gasteiger partial charge in [0.05, 0.1) is 6.04 Å². The van der Waals surface area contributed by atoms with Gasteiger partial charge in [-0.25, -0.2) is 9.37 Å². The van der Waals surface area contributed by atoms with E-state index in [0.29, 0.717) is 17.2 Å². The third kappa shape index (κ3) is 6.53. The van der Waals surface area contributed by atoms with Crippen molar-refractivity contribution in [3.63, 3.8) is 0 Å². The molecule has 8 heteroatoms. The molecular weight excluding hydrogens is 411 g/mol. The van der Waals surface area contributed by atoms with Gasteiger partial charge in [0.2, 0.25) is 5.88 Å². The van der Waals surface area contributed by atoms with Crippen LogP contribution in [0.3, 0.4) is 0 Å². The predicted molar refractivity (Wildman–Crippen MR) is 120 cm³/mol. The largest absolute Gasteiger partial charge is 0.439 e. The Hall–Kier alpha value is -3.94. The Morgan fingerprint density at radius 1 is 1.09 bits per heavy atom. The van der Waals surface area contributed by atoms with E-state index in [9.17, 15) is 9.18 Å². The molecule has 0 aliphatic heterocycles. The van der Waals surface area contributed by atoms with E-state index in [1.165, 1.54) is 18.3 Å². The summed E-state index contributed by atoms with van der Waals surface area (Å²) in [7, 11) is 0. The van der Waals surface area contributed by atoms with Crippen molar-refractivity contribution in [3.8, 4) is 11.6 Å². The number of hydrogen-bond acceptors (Lipinski definition) is 5. The van der Waals surface area contributed by atoms with Crippen molar-refractivity contribution in [2.45, 2.75) is 19.9 Å². The molecule has 0 fully saturated rings. The van der Waals surface area contributed by atoms with Gasteiger partial charge in [0, 0.05) is 17.8 Å². The summed E-state index contributed by atoms with van der Waals surface area (Å²) in [6, 6.07) is 18.4. The lowest BCUT2D eigenvalue weighted by Crippen LogP contribution is -2.34. The Labute approximate surface area is 186 Å². The maximum absolute atomic E-state index is 13.2. The first-order chi connectivity index (χ1) is 15.4. The fourth-order valence-electron chi connectivity index (χ4n) is 2.93. The molecule has 3 N–H and O–H groups in total. The summed E-state index contributed by atoms with van der Waals surface area (Å²) in [5, 5.41) is 6.66. The minimum atomic E-state index is -0.366. The molecule has 1 heterocycles. The van der Waals surface area contributed by atoms with E-state index in [0.717, 1.165) is 5.56 Å². The third-order valence-corrected chi connectivity index (χ3v) is 4.57. The highest BCUT2D eigenvalue weighted by molar-refractivity contribution is 5.96. The van der Waals surface area contributed by atoms with E-state index in [1.54, 1.807) is 24.3 Å². The number of carbonyl (C=O) groups is 1. The van der Waals surface area contributed by atoms with Gasteiger partial charge < -0.3 is 20.6 Å². The van der Waals surface area contributed by atoms with Crippen molar-refractivity contribution >= 4 is 11.7 Å². The molecule has 3 rings (SSSR count). The van der Waals surface area contributed by atoms with Gasteiger partial charge in [-0.2, -0.15) is 0 Å². The summed E-state index contributed by atoms with van der Waals surface area (Å²) < 4.78 is 18.8. The van der Waals surface area contributed by atoms with Crippen LogP contribution in [0.1, 0.15) is 31.0 Å². The molecule has 32 heavy (non-hydrogen) atoms. The van der Waals surface area contributed by atoms with Crippen molar-refractivity contribution in [2.75, 3.05) is 6.61 Å². The van der Waals surface area contributed by atoms with Crippen LogP contribution in [0.4, 0.5) is 4.39 Å². The molecule has 0 saturated carbocycles. The van der Waals surface area contributed by atoms with Crippen LogP contribution in [-0.2, 0) is 9.63 Å². The smallest absolute Gasteiger partial charge is 0.261 e. The lowest BCUT2D eigenvalue weighted by Gasteiger charge is -2.22. The van der Waals surface area contributed by atoms with Gasteiger partial charge in [0.25, 0.3) is 5.91 Å². The molecule has 0 aliphatic rings. The molecule has 1 amide bonds. The Morgan fingerprint density at radius 2 is 1.81 bits per heavy atom. The Bertz CT molecular complexity index is 1040. The number of rotatable bonds is 9. The van der Waals surface area contributed by atoms with E-state index in [1.807, 2.05) is 44.2 Å². The molecule has 0 saturated heterocycles. The number of amides is 1. The fraction of sp³-hybridized carbons (Fsp3) is 0.208. The van der Waals surface area contributed by atoms with E-state index >= 15 is 0 Å². The van der Waals surface area contributed by atoms with Crippen LogP contribution in [0.25, 0.3) is 0 Å². The standard InChI is InChI=1S/C24H25FN4O3/c1-16(2)23(17-8-11-19(25)12-9-17)28-21(30)15-31-29-24(26)18-10-13-22(27-14-18)32-20-6-4-3-5-7-20/h3-14,16,23H,15H2,1-2H3,(H2,26,29)(H,28,30). The molecule has 1 unspecified atom stereocenters. The molecule has 7 nitrogen and oxygen atoms in total. The summed E-state index contributed by atoms with van der Waals surface area (Å²) in [5.74, 6) is 0.563. The van der Waals surface area contributed by atoms with E-state index in [4.69, 9.17) is 15.3 Å². The quantitative estimate of drug-likeness (QED) is 0.298. The minimum absolute atomic E-state index is 0.0792. The number of para-hydroxylation sites is 1.